The van der Waals surface area contributed by atoms with Crippen LogP contribution in [0.3, 0.4) is 0 Å². The van der Waals surface area contributed by atoms with Crippen LogP contribution in [-0.2, 0) is 17.1 Å². The molecule has 49 valence electrons. The van der Waals surface area contributed by atoms with E-state index in [1.807, 2.05) is 18.6 Å². The van der Waals surface area contributed by atoms with Crippen molar-refractivity contribution in [2.75, 3.05) is 0 Å². The van der Waals surface area contributed by atoms with Crippen LogP contribution in [0.1, 0.15) is 13.3 Å². The summed E-state index contributed by atoms with van der Waals surface area (Å²) in [4.78, 5) is 0. The van der Waals surface area contributed by atoms with Gasteiger partial charge in [0, 0.05) is 0 Å². The zero-order valence-electron chi connectivity index (χ0n) is 4.90. The van der Waals surface area contributed by atoms with Crippen LogP contribution >= 0.6 is 0 Å². The van der Waals surface area contributed by atoms with Crippen molar-refractivity contribution in [1.82, 2.24) is 0 Å². The second kappa shape index (κ2) is 9.98. The largest absolute Gasteiger partial charge is 2.00 e. The summed E-state index contributed by atoms with van der Waals surface area (Å²) in [5.41, 5.74) is 0. The fourth-order valence-corrected chi connectivity index (χ4v) is 0.279. The first-order valence-corrected chi connectivity index (χ1v) is 2.45. The second-order valence-electron chi connectivity index (χ2n) is 1.22. The third-order valence-electron chi connectivity index (χ3n) is 0.594. The van der Waals surface area contributed by atoms with Crippen molar-refractivity contribution in [1.29, 1.82) is 0 Å². The fourth-order valence-electron chi connectivity index (χ4n) is 0.279. The molecule has 1 heteroatoms. The van der Waals surface area contributed by atoms with Crippen LogP contribution in [0.4, 0.5) is 0 Å². The summed E-state index contributed by atoms with van der Waals surface area (Å²) >= 11 is 0. The first kappa shape index (κ1) is 10.8. The third kappa shape index (κ3) is 9.30. The molecular weight excluding hydrogens is 148 g/mol. The van der Waals surface area contributed by atoms with Gasteiger partial charge in [0.1, 0.15) is 0 Å². The number of hydrogen-bond acceptors (Lipinski definition) is 0. The molecule has 0 spiro atoms. The number of hydrogen-bond donors (Lipinski definition) is 0. The molecule has 0 heterocycles. The quantitative estimate of drug-likeness (QED) is 0.335. The number of unbranched alkanes of at least 4 members (excludes halogenated alkanes) is 1. The predicted molar refractivity (Wildman–Crippen MR) is 32.6 cm³/mol. The minimum Gasteiger partial charge on any atom is -0.293 e. The monoisotopic (exact) mass is 157 g/mol. The van der Waals surface area contributed by atoms with Gasteiger partial charge in [0.2, 0.25) is 0 Å². The van der Waals surface area contributed by atoms with E-state index >= 15 is 0 Å². The molecule has 8 heavy (non-hydrogen) atoms. The van der Waals surface area contributed by atoms with E-state index in [1.54, 1.807) is 0 Å². The van der Waals surface area contributed by atoms with Gasteiger partial charge in [0.25, 0.3) is 0 Å². The Bertz CT molecular complexity index is 64.8. The SMILES string of the molecule is [CH-]=C/C=C\[CH-]CC.[Cu+2]. The van der Waals surface area contributed by atoms with E-state index in [4.69, 9.17) is 6.58 Å². The molecule has 0 unspecified atom stereocenters. The molecule has 0 aromatic carbocycles. The second-order valence-corrected chi connectivity index (χ2v) is 1.22. The summed E-state index contributed by atoms with van der Waals surface area (Å²) in [6.45, 7) is 7.12. The molecule has 0 atom stereocenters. The zero-order valence-corrected chi connectivity index (χ0v) is 5.84. The molecule has 0 fully saturated rings. The number of rotatable bonds is 3. The molecule has 0 aromatic heterocycles. The first-order valence-electron chi connectivity index (χ1n) is 2.45. The Labute approximate surface area is 62.1 Å². The predicted octanol–water partition coefficient (Wildman–Crippen LogP) is 2.14. The Morgan fingerprint density at radius 3 is 2.62 bits per heavy atom. The Hall–Kier alpha value is -0.131. The van der Waals surface area contributed by atoms with Crippen LogP contribution in [0.2, 0.25) is 0 Å². The van der Waals surface area contributed by atoms with E-state index in [1.165, 1.54) is 6.08 Å². The minimum absolute atomic E-state index is 0. The van der Waals surface area contributed by atoms with E-state index in [9.17, 15) is 0 Å². The Balaban J connectivity index is 0. The third-order valence-corrected chi connectivity index (χ3v) is 0.594. The van der Waals surface area contributed by atoms with Crippen molar-refractivity contribution >= 4 is 0 Å². The summed E-state index contributed by atoms with van der Waals surface area (Å²) in [5.74, 6) is 0. The molecule has 1 radical (unpaired) electrons. The molecule has 0 nitrogen and oxygen atoms in total. The van der Waals surface area contributed by atoms with Crippen molar-refractivity contribution in [2.45, 2.75) is 13.3 Å². The van der Waals surface area contributed by atoms with Gasteiger partial charge in [0.15, 0.2) is 0 Å². The first-order chi connectivity index (χ1) is 3.41. The van der Waals surface area contributed by atoms with Gasteiger partial charge >= 0.3 is 17.1 Å². The summed E-state index contributed by atoms with van der Waals surface area (Å²) in [6, 6.07) is 0. The van der Waals surface area contributed by atoms with Crippen LogP contribution in [0.5, 0.6) is 0 Å². The Morgan fingerprint density at radius 1 is 1.62 bits per heavy atom. The molecular formula is C7H10Cu. The van der Waals surface area contributed by atoms with Crippen LogP contribution in [-0.4, -0.2) is 0 Å². The fraction of sp³-hybridized carbons (Fsp3) is 0.286. The summed E-state index contributed by atoms with van der Waals surface area (Å²) < 4.78 is 0. The average Bonchev–Trinajstić information content (AvgIpc) is 1.69. The van der Waals surface area contributed by atoms with Crippen molar-refractivity contribution in [3.8, 4) is 0 Å². The standard InChI is InChI=1S/C7H10.Cu/c1-3-5-7-6-4-2;/h1,3,5-7H,4H2,2H3;/q-2;+2/b7-5-;. The molecule has 0 aliphatic heterocycles. The van der Waals surface area contributed by atoms with Crippen molar-refractivity contribution in [3.63, 3.8) is 0 Å². The molecule has 0 saturated carbocycles. The molecule has 0 amide bonds. The molecule has 0 bridgehead atoms. The zero-order chi connectivity index (χ0) is 5.54. The van der Waals surface area contributed by atoms with Gasteiger partial charge in [-0.05, 0) is 0 Å². The Kier molecular flexibility index (Phi) is 13.4. The van der Waals surface area contributed by atoms with Gasteiger partial charge in [-0.2, -0.15) is 0 Å². The van der Waals surface area contributed by atoms with Crippen LogP contribution in [0.15, 0.2) is 18.2 Å². The van der Waals surface area contributed by atoms with Gasteiger partial charge in [-0.15, -0.1) is 6.42 Å². The maximum Gasteiger partial charge on any atom is 2.00 e. The molecule has 0 saturated heterocycles. The minimum atomic E-state index is 0. The smallest absolute Gasteiger partial charge is 0.293 e. The van der Waals surface area contributed by atoms with E-state index in [0.29, 0.717) is 0 Å². The van der Waals surface area contributed by atoms with Gasteiger partial charge in [-0.25, -0.2) is 24.6 Å². The van der Waals surface area contributed by atoms with Crippen molar-refractivity contribution in [3.05, 3.63) is 31.2 Å². The van der Waals surface area contributed by atoms with E-state index in [-0.39, 0.29) is 17.1 Å². The van der Waals surface area contributed by atoms with Crippen molar-refractivity contribution in [2.24, 2.45) is 0 Å². The molecule has 0 N–H and O–H groups in total. The van der Waals surface area contributed by atoms with Gasteiger partial charge in [-0.3, -0.25) is 6.58 Å². The normalized spacial score (nSPS) is 8.12. The average molecular weight is 158 g/mol. The molecule has 0 aromatic rings. The van der Waals surface area contributed by atoms with Gasteiger partial charge in [0.05, 0.1) is 0 Å². The van der Waals surface area contributed by atoms with Gasteiger partial charge < -0.3 is 0 Å². The summed E-state index contributed by atoms with van der Waals surface area (Å²) in [7, 11) is 0. The summed E-state index contributed by atoms with van der Waals surface area (Å²) in [5, 5.41) is 0. The van der Waals surface area contributed by atoms with Crippen LogP contribution in [0, 0.1) is 13.0 Å². The molecule has 0 aliphatic rings. The maximum atomic E-state index is 5.04. The summed E-state index contributed by atoms with van der Waals surface area (Å²) in [6.07, 6.45) is 8.38. The molecule has 0 rings (SSSR count). The van der Waals surface area contributed by atoms with Crippen molar-refractivity contribution < 1.29 is 17.1 Å². The van der Waals surface area contributed by atoms with E-state index in [2.05, 4.69) is 6.92 Å². The topological polar surface area (TPSA) is 0 Å². The van der Waals surface area contributed by atoms with Crippen LogP contribution in [0.25, 0.3) is 0 Å². The van der Waals surface area contributed by atoms with E-state index < -0.39 is 0 Å². The maximum absolute atomic E-state index is 5.04. The van der Waals surface area contributed by atoms with Crippen LogP contribution < -0.4 is 0 Å². The number of allylic oxidation sites excluding steroid dienone is 3. The van der Waals surface area contributed by atoms with Gasteiger partial charge in [-0.1, -0.05) is 6.92 Å². The van der Waals surface area contributed by atoms with E-state index in [0.717, 1.165) is 6.42 Å². The molecule has 0 aliphatic carbocycles. The Morgan fingerprint density at radius 2 is 2.25 bits per heavy atom.